The van der Waals surface area contributed by atoms with E-state index in [2.05, 4.69) is 34.1 Å². The second-order valence-electron chi connectivity index (χ2n) is 8.24. The van der Waals surface area contributed by atoms with E-state index in [-0.39, 0.29) is 12.6 Å². The van der Waals surface area contributed by atoms with Crippen LogP contribution >= 0.6 is 11.6 Å². The number of aliphatic hydroxyl groups is 1. The van der Waals surface area contributed by atoms with Crippen LogP contribution in [0.1, 0.15) is 33.9 Å². The highest BCUT2D eigenvalue weighted by Crippen LogP contribution is 2.34. The van der Waals surface area contributed by atoms with Crippen molar-refractivity contribution in [2.24, 2.45) is 0 Å². The van der Waals surface area contributed by atoms with Crippen molar-refractivity contribution < 1.29 is 5.11 Å². The molecule has 1 fully saturated rings. The summed E-state index contributed by atoms with van der Waals surface area (Å²) >= 11 is 6.15. The first-order valence-electron chi connectivity index (χ1n) is 11.0. The highest BCUT2D eigenvalue weighted by atomic mass is 35.5. The fraction of sp³-hybridized carbons (Fsp3) is 0.259. The molecule has 1 saturated heterocycles. The van der Waals surface area contributed by atoms with Gasteiger partial charge in [0.15, 0.2) is 0 Å². The predicted molar refractivity (Wildman–Crippen MR) is 130 cm³/mol. The molecule has 3 aromatic carbocycles. The van der Waals surface area contributed by atoms with E-state index in [1.165, 1.54) is 5.56 Å². The lowest BCUT2D eigenvalue weighted by atomic mass is 9.98. The molecule has 5 nitrogen and oxygen atoms in total. The number of nitrogens with zero attached hydrogens (tertiary/aromatic N) is 4. The molecule has 0 radical (unpaired) electrons. The Bertz CT molecular complexity index is 1180. The first kappa shape index (κ1) is 22.8. The Morgan fingerprint density at radius 1 is 0.909 bits per heavy atom. The largest absolute Gasteiger partial charge is 0.396 e. The lowest BCUT2D eigenvalue weighted by molar-refractivity contribution is 0.215. The van der Waals surface area contributed by atoms with E-state index in [0.717, 1.165) is 43.0 Å². The van der Waals surface area contributed by atoms with Crippen molar-refractivity contribution in [3.63, 3.8) is 0 Å². The number of benzene rings is 3. The number of aliphatic hydroxyl groups excluding tert-OH is 1. The van der Waals surface area contributed by atoms with Crippen molar-refractivity contribution in [2.45, 2.75) is 19.0 Å². The summed E-state index contributed by atoms with van der Waals surface area (Å²) < 4.78 is 0. The van der Waals surface area contributed by atoms with Gasteiger partial charge in [-0.1, -0.05) is 41.9 Å². The van der Waals surface area contributed by atoms with Crippen molar-refractivity contribution in [2.75, 3.05) is 31.1 Å². The molecule has 4 rings (SSSR count). The second kappa shape index (κ2) is 10.5. The maximum Gasteiger partial charge on any atom is 0.101 e. The summed E-state index contributed by atoms with van der Waals surface area (Å²) in [4.78, 5) is 4.71. The Morgan fingerprint density at radius 3 is 2.30 bits per heavy atom. The van der Waals surface area contributed by atoms with E-state index in [4.69, 9.17) is 16.9 Å². The Balaban J connectivity index is 1.63. The number of nitriles is 2. The van der Waals surface area contributed by atoms with Crippen LogP contribution in [0.25, 0.3) is 0 Å². The molecule has 0 saturated carbocycles. The molecule has 0 aromatic heterocycles. The lowest BCUT2D eigenvalue weighted by Crippen LogP contribution is -2.48. The maximum atomic E-state index is 9.83. The molecule has 1 N–H and O–H groups in total. The molecule has 1 aliphatic heterocycles. The molecular weight excluding hydrogens is 432 g/mol. The van der Waals surface area contributed by atoms with Gasteiger partial charge in [-0.05, 0) is 59.5 Å². The van der Waals surface area contributed by atoms with Gasteiger partial charge in [0.25, 0.3) is 0 Å². The van der Waals surface area contributed by atoms with E-state index >= 15 is 0 Å². The molecular formula is C27H25ClN4O. The van der Waals surface area contributed by atoms with E-state index in [1.54, 1.807) is 0 Å². The van der Waals surface area contributed by atoms with Crippen LogP contribution in [0, 0.1) is 22.7 Å². The first-order valence-corrected chi connectivity index (χ1v) is 11.4. The third kappa shape index (κ3) is 5.35. The predicted octanol–water partition coefficient (Wildman–Crippen LogP) is 4.68. The zero-order valence-corrected chi connectivity index (χ0v) is 19.0. The highest BCUT2D eigenvalue weighted by molar-refractivity contribution is 6.30. The maximum absolute atomic E-state index is 9.83. The Labute approximate surface area is 199 Å². The molecule has 1 heterocycles. The van der Waals surface area contributed by atoms with Gasteiger partial charge in [0.05, 0.1) is 28.9 Å². The molecule has 1 aliphatic rings. The van der Waals surface area contributed by atoms with E-state index in [9.17, 15) is 10.4 Å². The van der Waals surface area contributed by atoms with Crippen molar-refractivity contribution in [3.05, 3.63) is 99.6 Å². The van der Waals surface area contributed by atoms with Crippen LogP contribution in [-0.4, -0.2) is 36.2 Å². The zero-order valence-electron chi connectivity index (χ0n) is 18.3. The van der Waals surface area contributed by atoms with Gasteiger partial charge in [-0.3, -0.25) is 4.90 Å². The Morgan fingerprint density at radius 2 is 1.64 bits per heavy atom. The summed E-state index contributed by atoms with van der Waals surface area (Å²) in [6.07, 6.45) is 0.536. The van der Waals surface area contributed by atoms with Crippen LogP contribution < -0.4 is 4.90 Å². The normalized spacial score (nSPS) is 16.2. The van der Waals surface area contributed by atoms with Crippen molar-refractivity contribution in [3.8, 4) is 12.1 Å². The fourth-order valence-electron chi connectivity index (χ4n) is 4.39. The summed E-state index contributed by atoms with van der Waals surface area (Å²) in [5.41, 5.74) is 5.48. The summed E-state index contributed by atoms with van der Waals surface area (Å²) in [6.45, 7) is 3.28. The molecule has 0 amide bonds. The fourth-order valence-corrected chi connectivity index (χ4v) is 4.52. The Kier molecular flexibility index (Phi) is 7.27. The number of hydrogen-bond donors (Lipinski definition) is 1. The monoisotopic (exact) mass is 456 g/mol. The van der Waals surface area contributed by atoms with Gasteiger partial charge in [-0.15, -0.1) is 0 Å². The molecule has 0 unspecified atom stereocenters. The van der Waals surface area contributed by atoms with Gasteiger partial charge in [0.1, 0.15) is 6.07 Å². The van der Waals surface area contributed by atoms with Gasteiger partial charge in [-0.2, -0.15) is 10.5 Å². The van der Waals surface area contributed by atoms with Gasteiger partial charge >= 0.3 is 0 Å². The topological polar surface area (TPSA) is 74.3 Å². The summed E-state index contributed by atoms with van der Waals surface area (Å²) in [7, 11) is 0. The third-order valence-corrected chi connectivity index (χ3v) is 6.35. The minimum atomic E-state index is 0.0604. The minimum Gasteiger partial charge on any atom is -0.396 e. The third-order valence-electron chi connectivity index (χ3n) is 6.10. The van der Waals surface area contributed by atoms with E-state index < -0.39 is 0 Å². The van der Waals surface area contributed by atoms with Crippen molar-refractivity contribution in [1.29, 1.82) is 10.5 Å². The number of anilines is 1. The molecule has 166 valence electrons. The second-order valence-corrected chi connectivity index (χ2v) is 8.68. The van der Waals surface area contributed by atoms with Crippen molar-refractivity contribution >= 4 is 17.3 Å². The average molecular weight is 457 g/mol. The van der Waals surface area contributed by atoms with Crippen LogP contribution in [0.2, 0.25) is 5.02 Å². The molecule has 3 aromatic rings. The highest BCUT2D eigenvalue weighted by Gasteiger charge is 2.30. The number of hydrogen-bond acceptors (Lipinski definition) is 5. The lowest BCUT2D eigenvalue weighted by Gasteiger charge is -2.43. The number of piperazine rings is 1. The van der Waals surface area contributed by atoms with Crippen LogP contribution in [-0.2, 0) is 13.0 Å². The van der Waals surface area contributed by atoms with Gasteiger partial charge < -0.3 is 10.0 Å². The molecule has 6 heteroatoms. The summed E-state index contributed by atoms with van der Waals surface area (Å²) in [5.74, 6) is 0. The number of halogens is 1. The zero-order chi connectivity index (χ0) is 23.2. The van der Waals surface area contributed by atoms with Crippen LogP contribution in [0.4, 0.5) is 5.69 Å². The summed E-state index contributed by atoms with van der Waals surface area (Å²) in [6, 6.07) is 26.1. The van der Waals surface area contributed by atoms with Crippen LogP contribution in [0.5, 0.6) is 0 Å². The molecule has 1 atom stereocenters. The molecule has 33 heavy (non-hydrogen) atoms. The quantitative estimate of drug-likeness (QED) is 0.582. The Hall–Kier alpha value is -3.35. The first-order chi connectivity index (χ1) is 16.1. The van der Waals surface area contributed by atoms with Gasteiger partial charge in [0, 0.05) is 37.8 Å². The SMILES string of the molecule is N#Cc1ccc(CN2CCN(c3ccc(CCO)cc3C#N)[C@H](c3ccc(Cl)cc3)C2)cc1. The molecule has 0 bridgehead atoms. The molecule has 0 aliphatic carbocycles. The van der Waals surface area contributed by atoms with E-state index in [0.29, 0.717) is 22.6 Å². The van der Waals surface area contributed by atoms with Gasteiger partial charge in [-0.25, -0.2) is 0 Å². The summed E-state index contributed by atoms with van der Waals surface area (Å²) in [5, 5.41) is 28.8. The molecule has 0 spiro atoms. The number of rotatable bonds is 6. The minimum absolute atomic E-state index is 0.0604. The average Bonchev–Trinajstić information content (AvgIpc) is 2.85. The van der Waals surface area contributed by atoms with Crippen molar-refractivity contribution in [1.82, 2.24) is 4.90 Å². The van der Waals surface area contributed by atoms with E-state index in [1.807, 2.05) is 54.6 Å². The van der Waals surface area contributed by atoms with Crippen LogP contribution in [0.15, 0.2) is 66.7 Å². The standard InChI is InChI=1S/C27H25ClN4O/c28-25-8-6-23(7-9-25)27-19-31(18-22-3-1-21(16-29)2-4-22)12-13-32(27)26-10-5-20(11-14-33)15-24(26)17-30/h1-10,15,27,33H,11-14,18-19H2/t27-/m0/s1. The van der Waals surface area contributed by atoms with Gasteiger partial charge in [0.2, 0.25) is 0 Å². The van der Waals surface area contributed by atoms with Crippen LogP contribution in [0.3, 0.4) is 0 Å². The smallest absolute Gasteiger partial charge is 0.101 e.